The van der Waals surface area contributed by atoms with Gasteiger partial charge in [0.2, 0.25) is 0 Å². The van der Waals surface area contributed by atoms with Crippen LogP contribution in [-0.4, -0.2) is 13.0 Å². The molecule has 0 aliphatic rings. The first-order valence-electron chi connectivity index (χ1n) is 10.6. The zero-order chi connectivity index (χ0) is 22.4. The van der Waals surface area contributed by atoms with Crippen LogP contribution >= 0.6 is 0 Å². The van der Waals surface area contributed by atoms with Crippen molar-refractivity contribution >= 4 is 5.91 Å². The number of rotatable bonds is 10. The molecule has 0 radical (unpaired) electrons. The van der Waals surface area contributed by atoms with Gasteiger partial charge in [-0.2, -0.15) is 0 Å². The molecular formula is C26H31NO4. The van der Waals surface area contributed by atoms with Crippen molar-refractivity contribution < 1.29 is 18.4 Å². The van der Waals surface area contributed by atoms with E-state index >= 15 is 0 Å². The smallest absolute Gasteiger partial charge is 0.287 e. The van der Waals surface area contributed by atoms with Crippen molar-refractivity contribution in [2.45, 2.75) is 51.5 Å². The summed E-state index contributed by atoms with van der Waals surface area (Å²) < 4.78 is 16.9. The van der Waals surface area contributed by atoms with E-state index in [9.17, 15) is 4.79 Å². The molecule has 1 unspecified atom stereocenters. The number of carbonyl (C=O) groups excluding carboxylic acids is 1. The van der Waals surface area contributed by atoms with Crippen LogP contribution in [-0.2, 0) is 11.8 Å². The minimum Gasteiger partial charge on any atom is -0.496 e. The lowest BCUT2D eigenvalue weighted by Gasteiger charge is -2.24. The Bertz CT molecular complexity index is 1010. The van der Waals surface area contributed by atoms with Gasteiger partial charge in [-0.3, -0.25) is 4.79 Å². The molecule has 0 saturated heterocycles. The fourth-order valence-electron chi connectivity index (χ4n) is 3.46. The summed E-state index contributed by atoms with van der Waals surface area (Å²) >= 11 is 0. The molecule has 1 amide bonds. The molecule has 5 heteroatoms. The third-order valence-electron chi connectivity index (χ3n) is 5.79. The van der Waals surface area contributed by atoms with Crippen molar-refractivity contribution in [3.05, 3.63) is 89.8 Å². The van der Waals surface area contributed by atoms with Crippen molar-refractivity contribution in [2.75, 3.05) is 7.11 Å². The molecule has 1 N–H and O–H groups in total. The number of carbonyl (C=O) groups is 1. The van der Waals surface area contributed by atoms with Crippen molar-refractivity contribution in [3.63, 3.8) is 0 Å². The number of hydrogen-bond donors (Lipinski definition) is 1. The Hall–Kier alpha value is -3.21. The van der Waals surface area contributed by atoms with Crippen LogP contribution < -0.4 is 10.1 Å². The van der Waals surface area contributed by atoms with Gasteiger partial charge in [-0.05, 0) is 54.2 Å². The molecule has 2 heterocycles. The summed E-state index contributed by atoms with van der Waals surface area (Å²) in [5.41, 5.74) is 2.35. The SMILES string of the molecule is C=CCC(NC(=O)c1ccc(Cc2cc(C(C)(C)CC)ccc2OC)o1)c1ccco1. The molecule has 1 atom stereocenters. The summed E-state index contributed by atoms with van der Waals surface area (Å²) in [6, 6.07) is 13.2. The predicted molar refractivity (Wildman–Crippen MR) is 122 cm³/mol. The van der Waals surface area contributed by atoms with E-state index in [-0.39, 0.29) is 23.1 Å². The Morgan fingerprint density at radius 3 is 2.71 bits per heavy atom. The second-order valence-corrected chi connectivity index (χ2v) is 8.27. The van der Waals surface area contributed by atoms with E-state index in [1.807, 2.05) is 18.2 Å². The molecule has 3 aromatic rings. The minimum absolute atomic E-state index is 0.0707. The maximum Gasteiger partial charge on any atom is 0.287 e. The van der Waals surface area contributed by atoms with Gasteiger partial charge in [0.05, 0.1) is 19.4 Å². The van der Waals surface area contributed by atoms with Crippen LogP contribution in [0, 0.1) is 0 Å². The lowest BCUT2D eigenvalue weighted by Crippen LogP contribution is -2.27. The van der Waals surface area contributed by atoms with E-state index in [0.29, 0.717) is 24.4 Å². The predicted octanol–water partition coefficient (Wildman–Crippen LogP) is 6.21. The van der Waals surface area contributed by atoms with Crippen LogP contribution in [0.15, 0.2) is 70.2 Å². The Balaban J connectivity index is 1.77. The van der Waals surface area contributed by atoms with Gasteiger partial charge in [0.25, 0.3) is 5.91 Å². The van der Waals surface area contributed by atoms with E-state index < -0.39 is 0 Å². The maximum atomic E-state index is 12.7. The van der Waals surface area contributed by atoms with Gasteiger partial charge in [-0.25, -0.2) is 0 Å². The van der Waals surface area contributed by atoms with Crippen LogP contribution in [0.4, 0.5) is 0 Å². The Morgan fingerprint density at radius 1 is 1.26 bits per heavy atom. The molecule has 0 spiro atoms. The first kappa shape index (κ1) is 22.5. The molecule has 164 valence electrons. The van der Waals surface area contributed by atoms with Gasteiger partial charge in [-0.15, -0.1) is 6.58 Å². The summed E-state index contributed by atoms with van der Waals surface area (Å²) in [6.45, 7) is 10.4. The molecule has 5 nitrogen and oxygen atoms in total. The number of furan rings is 2. The fraction of sp³-hybridized carbons (Fsp3) is 0.346. The third-order valence-corrected chi connectivity index (χ3v) is 5.79. The molecule has 1 aromatic carbocycles. The quantitative estimate of drug-likeness (QED) is 0.396. The summed E-state index contributed by atoms with van der Waals surface area (Å²) in [5, 5.41) is 2.95. The largest absolute Gasteiger partial charge is 0.496 e. The lowest BCUT2D eigenvalue weighted by molar-refractivity contribution is 0.0902. The van der Waals surface area contributed by atoms with Gasteiger partial charge in [-0.1, -0.05) is 39.0 Å². The standard InChI is InChI=1S/C26H31NO4/c1-6-9-21(23-10-8-15-30-23)27-25(28)24-14-12-20(31-24)17-18-16-19(26(3,4)7-2)11-13-22(18)29-5/h6,8,10-16,21H,1,7,9,17H2,2-5H3,(H,27,28). The van der Waals surface area contributed by atoms with Gasteiger partial charge in [0.1, 0.15) is 17.3 Å². The van der Waals surface area contributed by atoms with Gasteiger partial charge < -0.3 is 18.9 Å². The zero-order valence-corrected chi connectivity index (χ0v) is 18.7. The Morgan fingerprint density at radius 2 is 2.06 bits per heavy atom. The molecular weight excluding hydrogens is 390 g/mol. The van der Waals surface area contributed by atoms with Gasteiger partial charge in [0, 0.05) is 12.0 Å². The molecule has 0 fully saturated rings. The molecule has 0 bridgehead atoms. The first-order valence-corrected chi connectivity index (χ1v) is 10.6. The average Bonchev–Trinajstić information content (AvgIpc) is 3.46. The summed E-state index contributed by atoms with van der Waals surface area (Å²) in [6.07, 6.45) is 5.47. The highest BCUT2D eigenvalue weighted by Crippen LogP contribution is 2.32. The van der Waals surface area contributed by atoms with Crippen molar-refractivity contribution in [1.82, 2.24) is 5.32 Å². The molecule has 3 rings (SSSR count). The van der Waals surface area contributed by atoms with Crippen LogP contribution in [0.25, 0.3) is 0 Å². The highest BCUT2D eigenvalue weighted by Gasteiger charge is 2.22. The summed E-state index contributed by atoms with van der Waals surface area (Å²) in [5.74, 6) is 2.16. The van der Waals surface area contributed by atoms with Crippen molar-refractivity contribution in [1.29, 1.82) is 0 Å². The fourth-order valence-corrected chi connectivity index (χ4v) is 3.46. The zero-order valence-electron chi connectivity index (χ0n) is 18.7. The highest BCUT2D eigenvalue weighted by atomic mass is 16.5. The normalized spacial score (nSPS) is 12.4. The van der Waals surface area contributed by atoms with E-state index in [0.717, 1.165) is 17.7 Å². The number of hydrogen-bond acceptors (Lipinski definition) is 4. The minimum atomic E-state index is -0.290. The summed E-state index contributed by atoms with van der Waals surface area (Å²) in [4.78, 5) is 12.7. The average molecular weight is 422 g/mol. The van der Waals surface area contributed by atoms with Gasteiger partial charge >= 0.3 is 0 Å². The van der Waals surface area contributed by atoms with Crippen molar-refractivity contribution in [3.8, 4) is 5.75 Å². The first-order chi connectivity index (χ1) is 14.9. The van der Waals surface area contributed by atoms with E-state index in [1.165, 1.54) is 5.56 Å². The van der Waals surface area contributed by atoms with Crippen molar-refractivity contribution in [2.24, 2.45) is 0 Å². The Kier molecular flexibility index (Phi) is 7.06. The number of ether oxygens (including phenoxy) is 1. The number of amides is 1. The molecule has 31 heavy (non-hydrogen) atoms. The second-order valence-electron chi connectivity index (χ2n) is 8.27. The molecule has 0 aliphatic heterocycles. The number of benzene rings is 1. The van der Waals surface area contributed by atoms with Crippen LogP contribution in [0.5, 0.6) is 5.75 Å². The molecule has 2 aromatic heterocycles. The highest BCUT2D eigenvalue weighted by molar-refractivity contribution is 5.91. The van der Waals surface area contributed by atoms with Gasteiger partial charge in [0.15, 0.2) is 5.76 Å². The van der Waals surface area contributed by atoms with E-state index in [4.69, 9.17) is 13.6 Å². The van der Waals surface area contributed by atoms with Crippen LogP contribution in [0.1, 0.15) is 72.9 Å². The third kappa shape index (κ3) is 5.29. The molecule has 0 aliphatic carbocycles. The van der Waals surface area contributed by atoms with E-state index in [2.05, 4.69) is 44.8 Å². The summed E-state index contributed by atoms with van der Waals surface area (Å²) in [7, 11) is 1.67. The number of methoxy groups -OCH3 is 1. The topological polar surface area (TPSA) is 64.6 Å². The second kappa shape index (κ2) is 9.73. The maximum absolute atomic E-state index is 12.7. The van der Waals surface area contributed by atoms with E-state index in [1.54, 1.807) is 31.6 Å². The lowest BCUT2D eigenvalue weighted by atomic mass is 9.81. The monoisotopic (exact) mass is 421 g/mol. The van der Waals surface area contributed by atoms with Crippen LogP contribution in [0.2, 0.25) is 0 Å². The number of nitrogens with one attached hydrogen (secondary N) is 1. The van der Waals surface area contributed by atoms with Crippen LogP contribution in [0.3, 0.4) is 0 Å². The Labute approximate surface area is 184 Å². The molecule has 0 saturated carbocycles.